The fraction of sp³-hybridized carbons (Fsp3) is 0.417. The van der Waals surface area contributed by atoms with E-state index in [1.165, 1.54) is 0 Å². The van der Waals surface area contributed by atoms with Crippen molar-refractivity contribution >= 4 is 17.4 Å². The number of hydrogen-bond donors (Lipinski definition) is 0. The standard InChI is InChI=1S/C12H16ClNO/c1-14(2)9-3-4-12(15)10-5-7-11(13)8-6-10/h5-8H,3-4,9H2,1-2H3. The molecular formula is C12H16ClNO. The molecule has 0 amide bonds. The summed E-state index contributed by atoms with van der Waals surface area (Å²) in [6, 6.07) is 7.06. The molecule has 0 aliphatic rings. The predicted octanol–water partition coefficient (Wildman–Crippen LogP) is 2.86. The SMILES string of the molecule is CN(C)CCCC(=O)c1ccc(Cl)cc1. The van der Waals surface area contributed by atoms with Gasteiger partial charge in [-0.25, -0.2) is 0 Å². The molecule has 3 heteroatoms. The minimum absolute atomic E-state index is 0.188. The Kier molecular flexibility index (Phi) is 4.79. The third-order valence-corrected chi connectivity index (χ3v) is 2.43. The monoisotopic (exact) mass is 225 g/mol. The van der Waals surface area contributed by atoms with Crippen LogP contribution in [0.1, 0.15) is 23.2 Å². The minimum atomic E-state index is 0.188. The van der Waals surface area contributed by atoms with Gasteiger partial charge in [0.1, 0.15) is 0 Å². The zero-order chi connectivity index (χ0) is 11.3. The summed E-state index contributed by atoms with van der Waals surface area (Å²) in [4.78, 5) is 13.8. The van der Waals surface area contributed by atoms with Crippen molar-refractivity contribution in [3.63, 3.8) is 0 Å². The minimum Gasteiger partial charge on any atom is -0.309 e. The predicted molar refractivity (Wildman–Crippen MR) is 63.6 cm³/mol. The molecule has 0 radical (unpaired) electrons. The summed E-state index contributed by atoms with van der Waals surface area (Å²) in [5.74, 6) is 0.188. The zero-order valence-corrected chi connectivity index (χ0v) is 9.92. The first-order chi connectivity index (χ1) is 7.09. The van der Waals surface area contributed by atoms with E-state index in [2.05, 4.69) is 4.90 Å². The van der Waals surface area contributed by atoms with Crippen molar-refractivity contribution in [2.75, 3.05) is 20.6 Å². The molecule has 1 rings (SSSR count). The van der Waals surface area contributed by atoms with E-state index in [4.69, 9.17) is 11.6 Å². The van der Waals surface area contributed by atoms with Gasteiger partial charge in [0.25, 0.3) is 0 Å². The first kappa shape index (κ1) is 12.2. The van der Waals surface area contributed by atoms with Gasteiger partial charge < -0.3 is 4.90 Å². The fourth-order valence-electron chi connectivity index (χ4n) is 1.34. The van der Waals surface area contributed by atoms with Crippen LogP contribution in [-0.2, 0) is 0 Å². The van der Waals surface area contributed by atoms with Gasteiger partial charge in [-0.05, 0) is 51.3 Å². The molecule has 15 heavy (non-hydrogen) atoms. The highest BCUT2D eigenvalue weighted by atomic mass is 35.5. The van der Waals surface area contributed by atoms with E-state index in [1.807, 2.05) is 14.1 Å². The maximum absolute atomic E-state index is 11.7. The number of carbonyl (C=O) groups excluding carboxylic acids is 1. The van der Waals surface area contributed by atoms with Gasteiger partial charge in [-0.1, -0.05) is 11.6 Å². The number of halogens is 1. The van der Waals surface area contributed by atoms with Crippen molar-refractivity contribution in [1.29, 1.82) is 0 Å². The first-order valence-electron chi connectivity index (χ1n) is 5.03. The molecule has 2 nitrogen and oxygen atoms in total. The van der Waals surface area contributed by atoms with Crippen molar-refractivity contribution in [1.82, 2.24) is 4.90 Å². The van der Waals surface area contributed by atoms with E-state index >= 15 is 0 Å². The molecule has 0 atom stereocenters. The molecule has 0 saturated carbocycles. The maximum Gasteiger partial charge on any atom is 0.162 e. The van der Waals surface area contributed by atoms with Gasteiger partial charge in [-0.15, -0.1) is 0 Å². The molecule has 0 saturated heterocycles. The summed E-state index contributed by atoms with van der Waals surface area (Å²) in [5.41, 5.74) is 0.748. The molecule has 0 bridgehead atoms. The van der Waals surface area contributed by atoms with E-state index in [0.717, 1.165) is 18.5 Å². The second kappa shape index (κ2) is 5.89. The summed E-state index contributed by atoms with van der Waals surface area (Å²) in [6.07, 6.45) is 1.49. The Hall–Kier alpha value is -0.860. The molecule has 0 heterocycles. The molecule has 1 aromatic rings. The normalized spacial score (nSPS) is 10.7. The number of carbonyl (C=O) groups is 1. The second-order valence-corrected chi connectivity index (χ2v) is 4.27. The molecule has 0 aliphatic heterocycles. The highest BCUT2D eigenvalue weighted by molar-refractivity contribution is 6.30. The molecule has 0 aromatic heterocycles. The topological polar surface area (TPSA) is 20.3 Å². The van der Waals surface area contributed by atoms with E-state index in [0.29, 0.717) is 11.4 Å². The van der Waals surface area contributed by atoms with Crippen LogP contribution in [-0.4, -0.2) is 31.3 Å². The fourth-order valence-corrected chi connectivity index (χ4v) is 1.46. The molecule has 1 aromatic carbocycles. The first-order valence-corrected chi connectivity index (χ1v) is 5.41. The zero-order valence-electron chi connectivity index (χ0n) is 9.16. The lowest BCUT2D eigenvalue weighted by atomic mass is 10.1. The average molecular weight is 226 g/mol. The van der Waals surface area contributed by atoms with Crippen molar-refractivity contribution in [3.05, 3.63) is 34.9 Å². The van der Waals surface area contributed by atoms with Crippen LogP contribution in [0, 0.1) is 0 Å². The summed E-state index contributed by atoms with van der Waals surface area (Å²) in [6.45, 7) is 0.944. The second-order valence-electron chi connectivity index (χ2n) is 3.84. The van der Waals surface area contributed by atoms with Crippen LogP contribution in [0.3, 0.4) is 0 Å². The Morgan fingerprint density at radius 2 is 1.87 bits per heavy atom. The van der Waals surface area contributed by atoms with Gasteiger partial charge in [-0.2, -0.15) is 0 Å². The molecule has 82 valence electrons. The Morgan fingerprint density at radius 1 is 1.27 bits per heavy atom. The molecule has 0 N–H and O–H groups in total. The van der Waals surface area contributed by atoms with Gasteiger partial charge in [-0.3, -0.25) is 4.79 Å². The van der Waals surface area contributed by atoms with Gasteiger partial charge in [0, 0.05) is 17.0 Å². The lowest BCUT2D eigenvalue weighted by molar-refractivity contribution is 0.0977. The number of nitrogens with zero attached hydrogens (tertiary/aromatic N) is 1. The number of benzene rings is 1. The number of ketones is 1. The van der Waals surface area contributed by atoms with Crippen LogP contribution >= 0.6 is 11.6 Å². The Bertz CT molecular complexity index is 319. The Morgan fingerprint density at radius 3 is 2.40 bits per heavy atom. The van der Waals surface area contributed by atoms with Crippen molar-refractivity contribution in [2.45, 2.75) is 12.8 Å². The molecule has 0 unspecified atom stereocenters. The Labute approximate surface area is 95.8 Å². The smallest absolute Gasteiger partial charge is 0.162 e. The number of Topliss-reactive ketones (excluding diaryl/α,β-unsaturated/α-hetero) is 1. The van der Waals surface area contributed by atoms with Crippen LogP contribution in [0.4, 0.5) is 0 Å². The number of hydrogen-bond acceptors (Lipinski definition) is 2. The quantitative estimate of drug-likeness (QED) is 0.719. The molecular weight excluding hydrogens is 210 g/mol. The number of rotatable bonds is 5. The highest BCUT2D eigenvalue weighted by Crippen LogP contribution is 2.11. The van der Waals surface area contributed by atoms with Gasteiger partial charge in [0.2, 0.25) is 0 Å². The van der Waals surface area contributed by atoms with Crippen LogP contribution in [0.15, 0.2) is 24.3 Å². The molecule has 0 aliphatic carbocycles. The lowest BCUT2D eigenvalue weighted by Gasteiger charge is -2.08. The third-order valence-electron chi connectivity index (χ3n) is 2.18. The summed E-state index contributed by atoms with van der Waals surface area (Å²) >= 11 is 5.74. The van der Waals surface area contributed by atoms with Crippen molar-refractivity contribution < 1.29 is 4.79 Å². The summed E-state index contributed by atoms with van der Waals surface area (Å²) < 4.78 is 0. The Balaban J connectivity index is 2.43. The van der Waals surface area contributed by atoms with Crippen LogP contribution < -0.4 is 0 Å². The van der Waals surface area contributed by atoms with Crippen molar-refractivity contribution in [2.24, 2.45) is 0 Å². The van der Waals surface area contributed by atoms with Crippen LogP contribution in [0.2, 0.25) is 5.02 Å². The van der Waals surface area contributed by atoms with Crippen LogP contribution in [0.5, 0.6) is 0 Å². The van der Waals surface area contributed by atoms with Crippen LogP contribution in [0.25, 0.3) is 0 Å². The molecule has 0 fully saturated rings. The highest BCUT2D eigenvalue weighted by Gasteiger charge is 2.05. The summed E-state index contributed by atoms with van der Waals surface area (Å²) in [5, 5.41) is 0.667. The van der Waals surface area contributed by atoms with E-state index in [9.17, 15) is 4.79 Å². The van der Waals surface area contributed by atoms with Gasteiger partial charge in [0.15, 0.2) is 5.78 Å². The molecule has 0 spiro atoms. The van der Waals surface area contributed by atoms with Gasteiger partial charge >= 0.3 is 0 Å². The largest absolute Gasteiger partial charge is 0.309 e. The summed E-state index contributed by atoms with van der Waals surface area (Å²) in [7, 11) is 4.01. The van der Waals surface area contributed by atoms with Gasteiger partial charge in [0.05, 0.1) is 0 Å². The average Bonchev–Trinajstić information content (AvgIpc) is 2.18. The van der Waals surface area contributed by atoms with E-state index in [1.54, 1.807) is 24.3 Å². The lowest BCUT2D eigenvalue weighted by Crippen LogP contribution is -2.14. The maximum atomic E-state index is 11.7. The third kappa shape index (κ3) is 4.45. The van der Waals surface area contributed by atoms with E-state index in [-0.39, 0.29) is 5.78 Å². The van der Waals surface area contributed by atoms with E-state index < -0.39 is 0 Å². The van der Waals surface area contributed by atoms with Crippen molar-refractivity contribution in [3.8, 4) is 0 Å².